The fourth-order valence-electron chi connectivity index (χ4n) is 3.47. The molecule has 7 nitrogen and oxygen atoms in total. The second-order valence-corrected chi connectivity index (χ2v) is 6.89. The van der Waals surface area contributed by atoms with Gasteiger partial charge in [0.05, 0.1) is 17.6 Å². The Morgan fingerprint density at radius 3 is 2.71 bits per heavy atom. The van der Waals surface area contributed by atoms with E-state index in [1.165, 1.54) is 19.2 Å². The SMILES string of the molecule is COCc1n[nH]c(CNC(=O)N2CCCC2(C)c2ccc(C(F)(F)F)cc2)n1. The van der Waals surface area contributed by atoms with E-state index < -0.39 is 17.3 Å². The Hall–Kier alpha value is -2.62. The summed E-state index contributed by atoms with van der Waals surface area (Å²) in [5, 5.41) is 9.49. The molecular formula is C18H22F3N5O2. The predicted molar refractivity (Wildman–Crippen MR) is 94.1 cm³/mol. The van der Waals surface area contributed by atoms with Gasteiger partial charge in [0, 0.05) is 13.7 Å². The van der Waals surface area contributed by atoms with Crippen molar-refractivity contribution < 1.29 is 22.7 Å². The van der Waals surface area contributed by atoms with Crippen molar-refractivity contribution in [3.8, 4) is 0 Å². The summed E-state index contributed by atoms with van der Waals surface area (Å²) in [6, 6.07) is 4.70. The molecule has 1 aliphatic rings. The lowest BCUT2D eigenvalue weighted by atomic mass is 9.89. The highest BCUT2D eigenvalue weighted by Crippen LogP contribution is 2.39. The normalized spacial score (nSPS) is 19.8. The number of nitrogens with zero attached hydrogens (tertiary/aromatic N) is 3. The van der Waals surface area contributed by atoms with Crippen LogP contribution in [0.4, 0.5) is 18.0 Å². The van der Waals surface area contributed by atoms with Gasteiger partial charge in [0.15, 0.2) is 5.82 Å². The maximum absolute atomic E-state index is 12.8. The number of methoxy groups -OCH3 is 1. The number of aromatic amines is 1. The van der Waals surface area contributed by atoms with E-state index in [0.29, 0.717) is 30.2 Å². The van der Waals surface area contributed by atoms with E-state index in [-0.39, 0.29) is 19.2 Å². The maximum Gasteiger partial charge on any atom is 0.416 e. The Bertz CT molecular complexity index is 821. The highest BCUT2D eigenvalue weighted by atomic mass is 19.4. The van der Waals surface area contributed by atoms with Gasteiger partial charge < -0.3 is 15.0 Å². The largest absolute Gasteiger partial charge is 0.416 e. The molecule has 0 bridgehead atoms. The van der Waals surface area contributed by atoms with Gasteiger partial charge in [-0.1, -0.05) is 12.1 Å². The van der Waals surface area contributed by atoms with Gasteiger partial charge in [0.25, 0.3) is 0 Å². The van der Waals surface area contributed by atoms with E-state index in [1.807, 2.05) is 6.92 Å². The molecule has 3 rings (SSSR count). The molecule has 2 heterocycles. The molecule has 1 aromatic heterocycles. The number of nitrogens with one attached hydrogen (secondary N) is 2. The van der Waals surface area contributed by atoms with Gasteiger partial charge in [-0.05, 0) is 37.5 Å². The molecular weight excluding hydrogens is 375 g/mol. The van der Waals surface area contributed by atoms with Crippen LogP contribution in [0.2, 0.25) is 0 Å². The lowest BCUT2D eigenvalue weighted by molar-refractivity contribution is -0.137. The van der Waals surface area contributed by atoms with E-state index in [2.05, 4.69) is 20.5 Å². The molecule has 1 atom stereocenters. The van der Waals surface area contributed by atoms with Crippen LogP contribution in [0.5, 0.6) is 0 Å². The smallest absolute Gasteiger partial charge is 0.377 e. The van der Waals surface area contributed by atoms with Gasteiger partial charge in [0.1, 0.15) is 12.4 Å². The Morgan fingerprint density at radius 1 is 1.36 bits per heavy atom. The summed E-state index contributed by atoms with van der Waals surface area (Å²) in [6.07, 6.45) is -2.94. The molecule has 1 fully saturated rings. The first-order chi connectivity index (χ1) is 13.2. The van der Waals surface area contributed by atoms with Gasteiger partial charge in [-0.15, -0.1) is 0 Å². The number of H-pyrrole nitrogens is 1. The molecule has 0 aliphatic carbocycles. The number of hydrogen-bond acceptors (Lipinski definition) is 4. The number of hydrogen-bond donors (Lipinski definition) is 2. The number of alkyl halides is 3. The predicted octanol–water partition coefficient (Wildman–Crippen LogP) is 3.19. The molecule has 2 aromatic rings. The average molecular weight is 397 g/mol. The Morgan fingerprint density at radius 2 is 2.07 bits per heavy atom. The third-order valence-electron chi connectivity index (χ3n) is 4.98. The van der Waals surface area contributed by atoms with Gasteiger partial charge in [-0.3, -0.25) is 5.10 Å². The molecule has 2 amide bonds. The van der Waals surface area contributed by atoms with Gasteiger partial charge in [-0.2, -0.15) is 18.3 Å². The fraction of sp³-hybridized carbons (Fsp3) is 0.500. The number of urea groups is 1. The topological polar surface area (TPSA) is 83.1 Å². The van der Waals surface area contributed by atoms with Crippen molar-refractivity contribution in [1.29, 1.82) is 0 Å². The maximum atomic E-state index is 12.8. The summed E-state index contributed by atoms with van der Waals surface area (Å²) in [5.41, 5.74) is -0.696. The van der Waals surface area contributed by atoms with Crippen molar-refractivity contribution in [1.82, 2.24) is 25.4 Å². The van der Waals surface area contributed by atoms with Crippen molar-refractivity contribution in [2.75, 3.05) is 13.7 Å². The molecule has 2 N–H and O–H groups in total. The summed E-state index contributed by atoms with van der Waals surface area (Å²) in [6.45, 7) is 2.82. The second kappa shape index (κ2) is 7.78. The van der Waals surface area contributed by atoms with Crippen molar-refractivity contribution in [2.24, 2.45) is 0 Å². The lowest BCUT2D eigenvalue weighted by Crippen LogP contribution is -2.47. The number of carbonyl (C=O) groups excluding carboxylic acids is 1. The number of carbonyl (C=O) groups is 1. The number of halogens is 3. The summed E-state index contributed by atoms with van der Waals surface area (Å²) < 4.78 is 43.4. The lowest BCUT2D eigenvalue weighted by Gasteiger charge is -2.36. The van der Waals surface area contributed by atoms with Crippen LogP contribution in [0.3, 0.4) is 0 Å². The van der Waals surface area contributed by atoms with Gasteiger partial charge >= 0.3 is 12.2 Å². The molecule has 1 saturated heterocycles. The van der Waals surface area contributed by atoms with Crippen LogP contribution >= 0.6 is 0 Å². The van der Waals surface area contributed by atoms with Crippen LogP contribution < -0.4 is 5.32 Å². The third-order valence-corrected chi connectivity index (χ3v) is 4.98. The Balaban J connectivity index is 1.69. The van der Waals surface area contributed by atoms with Crippen molar-refractivity contribution in [3.63, 3.8) is 0 Å². The first-order valence-corrected chi connectivity index (χ1v) is 8.86. The highest BCUT2D eigenvalue weighted by Gasteiger charge is 2.41. The number of rotatable bonds is 5. The summed E-state index contributed by atoms with van der Waals surface area (Å²) in [5.74, 6) is 0.985. The minimum absolute atomic E-state index is 0.162. The van der Waals surface area contributed by atoms with Crippen LogP contribution in [-0.2, 0) is 29.6 Å². The monoisotopic (exact) mass is 397 g/mol. The van der Waals surface area contributed by atoms with Crippen LogP contribution in [-0.4, -0.2) is 39.8 Å². The van der Waals surface area contributed by atoms with Crippen LogP contribution in [0, 0.1) is 0 Å². The van der Waals surface area contributed by atoms with E-state index in [9.17, 15) is 18.0 Å². The zero-order valence-electron chi connectivity index (χ0n) is 15.6. The standard InChI is InChI=1S/C18H22F3N5O2/c1-17(12-4-6-13(7-5-12)18(19,20)21)8-3-9-26(17)16(27)22-10-14-23-15(11-28-2)25-24-14/h4-7H,3,8-11H2,1-2H3,(H,22,27)(H,23,24,25). The molecule has 1 unspecified atom stereocenters. The zero-order valence-corrected chi connectivity index (χ0v) is 15.6. The second-order valence-electron chi connectivity index (χ2n) is 6.89. The minimum Gasteiger partial charge on any atom is -0.377 e. The molecule has 10 heteroatoms. The van der Waals surface area contributed by atoms with Crippen molar-refractivity contribution in [2.45, 2.75) is 44.6 Å². The molecule has 1 aliphatic heterocycles. The average Bonchev–Trinajstić information content (AvgIpc) is 3.27. The van der Waals surface area contributed by atoms with Gasteiger partial charge in [0.2, 0.25) is 0 Å². The fourth-order valence-corrected chi connectivity index (χ4v) is 3.47. The van der Waals surface area contributed by atoms with Crippen LogP contribution in [0.25, 0.3) is 0 Å². The molecule has 152 valence electrons. The molecule has 0 saturated carbocycles. The van der Waals surface area contributed by atoms with Crippen molar-refractivity contribution >= 4 is 6.03 Å². The highest BCUT2D eigenvalue weighted by molar-refractivity contribution is 5.75. The zero-order chi connectivity index (χ0) is 20.4. The third kappa shape index (κ3) is 4.11. The van der Waals surface area contributed by atoms with Crippen LogP contribution in [0.1, 0.15) is 42.5 Å². The number of likely N-dealkylation sites (tertiary alicyclic amines) is 1. The summed E-state index contributed by atoms with van der Waals surface area (Å²) in [7, 11) is 1.53. The summed E-state index contributed by atoms with van der Waals surface area (Å²) >= 11 is 0. The minimum atomic E-state index is -4.38. The number of ether oxygens (including phenoxy) is 1. The molecule has 0 spiro atoms. The van der Waals surface area contributed by atoms with Crippen LogP contribution in [0.15, 0.2) is 24.3 Å². The quantitative estimate of drug-likeness (QED) is 0.812. The first-order valence-electron chi connectivity index (χ1n) is 8.86. The Kier molecular flexibility index (Phi) is 5.59. The van der Waals surface area contributed by atoms with Crippen molar-refractivity contribution in [3.05, 3.63) is 47.0 Å². The molecule has 1 aromatic carbocycles. The van der Waals surface area contributed by atoms with E-state index in [1.54, 1.807) is 4.90 Å². The Labute approximate surface area is 160 Å². The van der Waals surface area contributed by atoms with E-state index >= 15 is 0 Å². The van der Waals surface area contributed by atoms with E-state index in [0.717, 1.165) is 18.6 Å². The first kappa shape index (κ1) is 20.1. The summed E-state index contributed by atoms with van der Waals surface area (Å²) in [4.78, 5) is 18.6. The number of amides is 2. The number of benzene rings is 1. The molecule has 28 heavy (non-hydrogen) atoms. The van der Waals surface area contributed by atoms with Gasteiger partial charge in [-0.25, -0.2) is 9.78 Å². The van der Waals surface area contributed by atoms with E-state index in [4.69, 9.17) is 4.74 Å². The molecule has 0 radical (unpaired) electrons. The number of aromatic nitrogens is 3.